The summed E-state index contributed by atoms with van der Waals surface area (Å²) in [6, 6.07) is 8.67. The van der Waals surface area contributed by atoms with Crippen LogP contribution in [-0.4, -0.2) is 44.0 Å². The lowest BCUT2D eigenvalue weighted by Gasteiger charge is -2.39. The van der Waals surface area contributed by atoms with Gasteiger partial charge in [-0.05, 0) is 31.2 Å². The van der Waals surface area contributed by atoms with Crippen LogP contribution in [0.2, 0.25) is 0 Å². The Morgan fingerprint density at radius 3 is 2.71 bits per heavy atom. The van der Waals surface area contributed by atoms with Gasteiger partial charge in [0, 0.05) is 30.9 Å². The molecule has 2 atom stereocenters. The first-order chi connectivity index (χ1) is 8.24. The number of anilines is 1. The highest BCUT2D eigenvalue weighted by Gasteiger charge is 2.24. The summed E-state index contributed by atoms with van der Waals surface area (Å²) in [5.41, 5.74) is 1.18. The molecule has 4 nitrogen and oxygen atoms in total. The molecule has 1 aliphatic heterocycles. The lowest BCUT2D eigenvalue weighted by molar-refractivity contribution is 0.227. The van der Waals surface area contributed by atoms with E-state index in [2.05, 4.69) is 29.3 Å². The van der Waals surface area contributed by atoms with Crippen LogP contribution in [0.25, 0.3) is 0 Å². The topological polar surface area (TPSA) is 44.7 Å². The van der Waals surface area contributed by atoms with E-state index in [9.17, 15) is 5.11 Å². The monoisotopic (exact) mass is 236 g/mol. The van der Waals surface area contributed by atoms with Crippen molar-refractivity contribution in [3.05, 3.63) is 24.3 Å². The Morgan fingerprint density at radius 2 is 2.12 bits per heavy atom. The summed E-state index contributed by atoms with van der Waals surface area (Å²) in [7, 11) is 1.67. The van der Waals surface area contributed by atoms with Crippen molar-refractivity contribution >= 4 is 5.69 Å². The van der Waals surface area contributed by atoms with E-state index < -0.39 is 0 Å². The number of hydrogen-bond donors (Lipinski definition) is 2. The second-order valence-electron chi connectivity index (χ2n) is 4.49. The molecule has 1 heterocycles. The number of hydrogen-bond acceptors (Lipinski definition) is 4. The van der Waals surface area contributed by atoms with Gasteiger partial charge < -0.3 is 20.1 Å². The molecule has 0 amide bonds. The summed E-state index contributed by atoms with van der Waals surface area (Å²) in [4.78, 5) is 2.32. The number of benzene rings is 1. The predicted molar refractivity (Wildman–Crippen MR) is 68.7 cm³/mol. The van der Waals surface area contributed by atoms with Crippen molar-refractivity contribution in [3.63, 3.8) is 0 Å². The van der Waals surface area contributed by atoms with Gasteiger partial charge in [-0.3, -0.25) is 0 Å². The van der Waals surface area contributed by atoms with Gasteiger partial charge in [-0.1, -0.05) is 0 Å². The minimum atomic E-state index is 0.160. The number of aliphatic hydroxyl groups excluding tert-OH is 1. The van der Waals surface area contributed by atoms with Crippen LogP contribution in [0.4, 0.5) is 5.69 Å². The Bertz CT molecular complexity index is 353. The third kappa shape index (κ3) is 2.70. The lowest BCUT2D eigenvalue weighted by Crippen LogP contribution is -2.56. The van der Waals surface area contributed by atoms with Crippen LogP contribution in [0, 0.1) is 0 Å². The Labute approximate surface area is 102 Å². The van der Waals surface area contributed by atoms with E-state index in [1.54, 1.807) is 7.11 Å². The largest absolute Gasteiger partial charge is 0.497 e. The average Bonchev–Trinajstić information content (AvgIpc) is 2.39. The summed E-state index contributed by atoms with van der Waals surface area (Å²) in [5.74, 6) is 0.871. The molecule has 2 N–H and O–H groups in total. The van der Waals surface area contributed by atoms with Gasteiger partial charge in [-0.2, -0.15) is 0 Å². The van der Waals surface area contributed by atoms with Gasteiger partial charge in [-0.25, -0.2) is 0 Å². The van der Waals surface area contributed by atoms with Crippen molar-refractivity contribution in [1.82, 2.24) is 5.32 Å². The van der Waals surface area contributed by atoms with E-state index in [1.165, 1.54) is 5.69 Å². The molecule has 1 aromatic rings. The van der Waals surface area contributed by atoms with Crippen LogP contribution >= 0.6 is 0 Å². The number of rotatable bonds is 3. The van der Waals surface area contributed by atoms with Gasteiger partial charge in [0.25, 0.3) is 0 Å². The van der Waals surface area contributed by atoms with Crippen molar-refractivity contribution in [2.75, 3.05) is 31.7 Å². The van der Waals surface area contributed by atoms with E-state index in [4.69, 9.17) is 4.74 Å². The molecular formula is C13H20N2O2. The van der Waals surface area contributed by atoms with Crippen LogP contribution in [0.15, 0.2) is 24.3 Å². The maximum absolute atomic E-state index is 9.21. The molecule has 94 valence electrons. The number of nitrogens with one attached hydrogen (secondary N) is 1. The number of aliphatic hydroxyl groups is 1. The summed E-state index contributed by atoms with van der Waals surface area (Å²) >= 11 is 0. The van der Waals surface area contributed by atoms with E-state index >= 15 is 0 Å². The van der Waals surface area contributed by atoms with Crippen molar-refractivity contribution in [1.29, 1.82) is 0 Å². The second kappa shape index (κ2) is 5.38. The predicted octanol–water partition coefficient (Wildman–Crippen LogP) is 0.854. The minimum Gasteiger partial charge on any atom is -0.497 e. The molecule has 0 saturated carbocycles. The molecule has 4 heteroatoms. The fraction of sp³-hybridized carbons (Fsp3) is 0.538. The molecule has 1 fully saturated rings. The highest BCUT2D eigenvalue weighted by atomic mass is 16.5. The van der Waals surface area contributed by atoms with Gasteiger partial charge in [0.2, 0.25) is 0 Å². The third-order valence-electron chi connectivity index (χ3n) is 3.28. The van der Waals surface area contributed by atoms with E-state index in [-0.39, 0.29) is 12.6 Å². The van der Waals surface area contributed by atoms with Crippen molar-refractivity contribution < 1.29 is 9.84 Å². The van der Waals surface area contributed by atoms with Gasteiger partial charge in [0.15, 0.2) is 0 Å². The maximum atomic E-state index is 9.21. The van der Waals surface area contributed by atoms with Crippen LogP contribution in [-0.2, 0) is 0 Å². The molecular weight excluding hydrogens is 216 g/mol. The fourth-order valence-corrected chi connectivity index (χ4v) is 2.19. The fourth-order valence-electron chi connectivity index (χ4n) is 2.19. The van der Waals surface area contributed by atoms with Gasteiger partial charge in [0.1, 0.15) is 5.75 Å². The molecule has 1 aliphatic rings. The van der Waals surface area contributed by atoms with Crippen molar-refractivity contribution in [2.45, 2.75) is 19.0 Å². The van der Waals surface area contributed by atoms with Crippen LogP contribution < -0.4 is 15.0 Å². The normalized spacial score (nSPS) is 24.8. The molecule has 1 aromatic carbocycles. The Balaban J connectivity index is 2.12. The minimum absolute atomic E-state index is 0.160. The van der Waals surface area contributed by atoms with Crippen LogP contribution in [0.5, 0.6) is 5.75 Å². The van der Waals surface area contributed by atoms with Gasteiger partial charge >= 0.3 is 0 Å². The molecule has 0 spiro atoms. The molecule has 0 aliphatic carbocycles. The van der Waals surface area contributed by atoms with Gasteiger partial charge in [-0.15, -0.1) is 0 Å². The highest BCUT2D eigenvalue weighted by Crippen LogP contribution is 2.22. The maximum Gasteiger partial charge on any atom is 0.119 e. The molecule has 0 bridgehead atoms. The number of methoxy groups -OCH3 is 1. The number of piperazine rings is 1. The quantitative estimate of drug-likeness (QED) is 0.817. The van der Waals surface area contributed by atoms with Crippen molar-refractivity contribution in [3.8, 4) is 5.75 Å². The Morgan fingerprint density at radius 1 is 1.41 bits per heavy atom. The summed E-state index contributed by atoms with van der Waals surface area (Å²) < 4.78 is 5.15. The first kappa shape index (κ1) is 12.2. The smallest absolute Gasteiger partial charge is 0.119 e. The van der Waals surface area contributed by atoms with Crippen LogP contribution in [0.1, 0.15) is 6.92 Å². The molecule has 2 unspecified atom stereocenters. The Kier molecular flexibility index (Phi) is 3.86. The lowest BCUT2D eigenvalue weighted by atomic mass is 10.1. The third-order valence-corrected chi connectivity index (χ3v) is 3.28. The van der Waals surface area contributed by atoms with E-state index in [1.807, 2.05) is 12.1 Å². The molecule has 17 heavy (non-hydrogen) atoms. The zero-order chi connectivity index (χ0) is 12.3. The SMILES string of the molecule is COc1ccc(N2CC(CO)NCC2C)cc1. The molecule has 1 saturated heterocycles. The van der Waals surface area contributed by atoms with E-state index in [0.29, 0.717) is 6.04 Å². The number of ether oxygens (including phenoxy) is 1. The zero-order valence-corrected chi connectivity index (χ0v) is 10.4. The standard InChI is InChI=1S/C13H20N2O2/c1-10-7-14-11(9-16)8-15(10)12-3-5-13(17-2)6-4-12/h3-6,10-11,14,16H,7-9H2,1-2H3. The molecule has 0 aromatic heterocycles. The molecule has 0 radical (unpaired) electrons. The van der Waals surface area contributed by atoms with Crippen molar-refractivity contribution in [2.24, 2.45) is 0 Å². The first-order valence-corrected chi connectivity index (χ1v) is 5.99. The van der Waals surface area contributed by atoms with Crippen LogP contribution in [0.3, 0.4) is 0 Å². The average molecular weight is 236 g/mol. The molecule has 2 rings (SSSR count). The summed E-state index contributed by atoms with van der Waals surface area (Å²) in [5, 5.41) is 12.5. The summed E-state index contributed by atoms with van der Waals surface area (Å²) in [6.07, 6.45) is 0. The first-order valence-electron chi connectivity index (χ1n) is 5.99. The zero-order valence-electron chi connectivity index (χ0n) is 10.4. The van der Waals surface area contributed by atoms with Gasteiger partial charge in [0.05, 0.1) is 13.7 Å². The highest BCUT2D eigenvalue weighted by molar-refractivity contribution is 5.50. The Hall–Kier alpha value is -1.26. The number of nitrogens with zero attached hydrogens (tertiary/aromatic N) is 1. The second-order valence-corrected chi connectivity index (χ2v) is 4.49. The summed E-state index contributed by atoms with van der Waals surface area (Å²) in [6.45, 7) is 4.10. The van der Waals surface area contributed by atoms with E-state index in [0.717, 1.165) is 18.8 Å².